The van der Waals surface area contributed by atoms with Crippen LogP contribution in [0.4, 0.5) is 5.69 Å². The summed E-state index contributed by atoms with van der Waals surface area (Å²) >= 11 is 0. The number of piperazine rings is 1. The minimum Gasteiger partial charge on any atom is -0.497 e. The Hall–Kier alpha value is -2.97. The van der Waals surface area contributed by atoms with Crippen molar-refractivity contribution in [2.24, 2.45) is 0 Å². The third-order valence-corrected chi connectivity index (χ3v) is 6.05. The minimum absolute atomic E-state index is 0.00426. The number of nitrogens with zero attached hydrogens (tertiary/aromatic N) is 2. The Morgan fingerprint density at radius 2 is 1.55 bits per heavy atom. The molecule has 0 aliphatic carbocycles. The molecule has 0 aromatic heterocycles. The summed E-state index contributed by atoms with van der Waals surface area (Å²) in [6.45, 7) is 3.04. The number of hydrogen-bond acceptors (Lipinski definition) is 7. The molecule has 2 unspecified atom stereocenters. The number of carbonyl (C=O) groups excluding carboxylic acids is 1. The maximum Gasteiger partial charge on any atom is 0.241 e. The number of nitrogens with one attached hydrogen (secondary N) is 2. The molecular weight excluding hydrogens is 396 g/mol. The SMILES string of the molecule is COc1ccc(N2CCN(C(=O)C3CC(c4ccc(OC)cc4OC)NN3)CC2)cc1. The highest BCUT2D eigenvalue weighted by Gasteiger charge is 2.35. The molecule has 2 N–H and O–H groups in total. The van der Waals surface area contributed by atoms with Gasteiger partial charge in [-0.05, 0) is 36.8 Å². The van der Waals surface area contributed by atoms with Crippen LogP contribution in [0.2, 0.25) is 0 Å². The molecule has 0 bridgehead atoms. The van der Waals surface area contributed by atoms with Crippen LogP contribution in [-0.4, -0.2) is 64.4 Å². The summed E-state index contributed by atoms with van der Waals surface area (Å²) in [5.74, 6) is 2.48. The van der Waals surface area contributed by atoms with Gasteiger partial charge in [0.1, 0.15) is 23.3 Å². The minimum atomic E-state index is -0.260. The summed E-state index contributed by atoms with van der Waals surface area (Å²) in [6, 6.07) is 13.6. The van der Waals surface area contributed by atoms with Crippen molar-refractivity contribution in [2.45, 2.75) is 18.5 Å². The van der Waals surface area contributed by atoms with Gasteiger partial charge in [0.25, 0.3) is 0 Å². The molecule has 166 valence electrons. The van der Waals surface area contributed by atoms with Gasteiger partial charge in [0.05, 0.1) is 27.4 Å². The average molecular weight is 427 g/mol. The molecule has 2 aliphatic rings. The fourth-order valence-electron chi connectivity index (χ4n) is 4.23. The standard InChI is InChI=1S/C23H30N4O4/c1-29-17-6-4-16(5-7-17)26-10-12-27(13-11-26)23(28)21-15-20(24-25-21)19-9-8-18(30-2)14-22(19)31-3/h4-9,14,20-21,24-25H,10-13,15H2,1-3H3. The third kappa shape index (κ3) is 4.55. The van der Waals surface area contributed by atoms with E-state index in [9.17, 15) is 4.79 Å². The van der Waals surface area contributed by atoms with Crippen molar-refractivity contribution < 1.29 is 19.0 Å². The number of ether oxygens (including phenoxy) is 3. The second kappa shape index (κ2) is 9.45. The van der Waals surface area contributed by atoms with E-state index in [0.717, 1.165) is 41.6 Å². The quantitative estimate of drug-likeness (QED) is 0.732. The van der Waals surface area contributed by atoms with Gasteiger partial charge in [-0.15, -0.1) is 0 Å². The largest absolute Gasteiger partial charge is 0.497 e. The first-order valence-corrected chi connectivity index (χ1v) is 10.5. The zero-order chi connectivity index (χ0) is 21.8. The van der Waals surface area contributed by atoms with E-state index in [4.69, 9.17) is 14.2 Å². The Labute approximate surface area is 183 Å². The molecule has 0 spiro atoms. The number of hydrogen-bond donors (Lipinski definition) is 2. The van der Waals surface area contributed by atoms with Gasteiger partial charge in [0, 0.05) is 43.5 Å². The van der Waals surface area contributed by atoms with Crippen LogP contribution >= 0.6 is 0 Å². The number of hydrazine groups is 1. The molecule has 2 aromatic carbocycles. The zero-order valence-electron chi connectivity index (χ0n) is 18.3. The van der Waals surface area contributed by atoms with Gasteiger partial charge >= 0.3 is 0 Å². The topological polar surface area (TPSA) is 75.3 Å². The number of methoxy groups -OCH3 is 3. The maximum atomic E-state index is 13.1. The molecule has 2 heterocycles. The van der Waals surface area contributed by atoms with E-state index in [1.54, 1.807) is 21.3 Å². The van der Waals surface area contributed by atoms with Crippen LogP contribution in [0, 0.1) is 0 Å². The van der Waals surface area contributed by atoms with Crippen molar-refractivity contribution in [1.29, 1.82) is 0 Å². The fraction of sp³-hybridized carbons (Fsp3) is 0.435. The molecule has 4 rings (SSSR count). The van der Waals surface area contributed by atoms with E-state index in [1.807, 2.05) is 35.2 Å². The highest BCUT2D eigenvalue weighted by Crippen LogP contribution is 2.33. The van der Waals surface area contributed by atoms with Crippen molar-refractivity contribution in [2.75, 3.05) is 52.4 Å². The Morgan fingerprint density at radius 3 is 2.19 bits per heavy atom. The molecule has 0 saturated carbocycles. The summed E-state index contributed by atoms with van der Waals surface area (Å²) < 4.78 is 16.0. The molecule has 2 saturated heterocycles. The third-order valence-electron chi connectivity index (χ3n) is 6.05. The summed E-state index contributed by atoms with van der Waals surface area (Å²) in [5.41, 5.74) is 8.60. The molecule has 0 radical (unpaired) electrons. The molecule has 1 amide bonds. The van der Waals surface area contributed by atoms with Gasteiger partial charge in [-0.2, -0.15) is 0 Å². The van der Waals surface area contributed by atoms with Crippen LogP contribution in [0.3, 0.4) is 0 Å². The summed E-state index contributed by atoms with van der Waals surface area (Å²) in [5, 5.41) is 0. The molecule has 31 heavy (non-hydrogen) atoms. The van der Waals surface area contributed by atoms with E-state index >= 15 is 0 Å². The Kier molecular flexibility index (Phi) is 6.48. The fourth-order valence-corrected chi connectivity index (χ4v) is 4.23. The van der Waals surface area contributed by atoms with E-state index in [0.29, 0.717) is 19.5 Å². The van der Waals surface area contributed by atoms with Gasteiger partial charge in [-0.25, -0.2) is 10.9 Å². The zero-order valence-corrected chi connectivity index (χ0v) is 18.3. The Morgan fingerprint density at radius 1 is 0.871 bits per heavy atom. The molecule has 8 nitrogen and oxygen atoms in total. The van der Waals surface area contributed by atoms with E-state index < -0.39 is 0 Å². The van der Waals surface area contributed by atoms with E-state index in [1.165, 1.54) is 0 Å². The van der Waals surface area contributed by atoms with Gasteiger partial charge in [0.15, 0.2) is 0 Å². The Bertz CT molecular complexity index is 897. The maximum absolute atomic E-state index is 13.1. The monoisotopic (exact) mass is 426 g/mol. The highest BCUT2D eigenvalue weighted by atomic mass is 16.5. The summed E-state index contributed by atoms with van der Waals surface area (Å²) in [4.78, 5) is 17.3. The lowest BCUT2D eigenvalue weighted by Gasteiger charge is -2.37. The number of amides is 1. The van der Waals surface area contributed by atoms with Gasteiger partial charge in [-0.3, -0.25) is 4.79 Å². The number of benzene rings is 2. The van der Waals surface area contributed by atoms with Crippen molar-refractivity contribution >= 4 is 11.6 Å². The first-order chi connectivity index (χ1) is 15.1. The predicted molar refractivity (Wildman–Crippen MR) is 119 cm³/mol. The second-order valence-corrected chi connectivity index (χ2v) is 7.75. The summed E-state index contributed by atoms with van der Waals surface area (Å²) in [7, 11) is 4.94. The Balaban J connectivity index is 1.34. The highest BCUT2D eigenvalue weighted by molar-refractivity contribution is 5.82. The number of anilines is 1. The lowest BCUT2D eigenvalue weighted by molar-refractivity contribution is -0.133. The average Bonchev–Trinajstić information content (AvgIpc) is 3.33. The normalized spacial score (nSPS) is 21.1. The van der Waals surface area contributed by atoms with Crippen LogP contribution in [-0.2, 0) is 4.79 Å². The van der Waals surface area contributed by atoms with Crippen LogP contribution in [0.15, 0.2) is 42.5 Å². The lowest BCUT2D eigenvalue weighted by Crippen LogP contribution is -2.53. The van der Waals surface area contributed by atoms with Crippen molar-refractivity contribution in [3.8, 4) is 17.2 Å². The van der Waals surface area contributed by atoms with E-state index in [-0.39, 0.29) is 18.0 Å². The first kappa shape index (κ1) is 21.3. The van der Waals surface area contributed by atoms with Crippen LogP contribution < -0.4 is 30.0 Å². The molecular formula is C23H30N4O4. The number of rotatable bonds is 6. The van der Waals surface area contributed by atoms with Crippen molar-refractivity contribution in [3.05, 3.63) is 48.0 Å². The molecule has 2 aromatic rings. The lowest BCUT2D eigenvalue weighted by atomic mass is 10.00. The van der Waals surface area contributed by atoms with Crippen LogP contribution in [0.1, 0.15) is 18.0 Å². The second-order valence-electron chi connectivity index (χ2n) is 7.75. The van der Waals surface area contributed by atoms with E-state index in [2.05, 4.69) is 27.9 Å². The van der Waals surface area contributed by atoms with Crippen molar-refractivity contribution in [3.63, 3.8) is 0 Å². The summed E-state index contributed by atoms with van der Waals surface area (Å²) in [6.07, 6.45) is 0.667. The van der Waals surface area contributed by atoms with Crippen LogP contribution in [0.25, 0.3) is 0 Å². The van der Waals surface area contributed by atoms with Crippen LogP contribution in [0.5, 0.6) is 17.2 Å². The molecule has 2 aliphatic heterocycles. The smallest absolute Gasteiger partial charge is 0.241 e. The van der Waals surface area contributed by atoms with Crippen molar-refractivity contribution in [1.82, 2.24) is 15.8 Å². The number of carbonyl (C=O) groups is 1. The molecule has 8 heteroatoms. The first-order valence-electron chi connectivity index (χ1n) is 10.5. The van der Waals surface area contributed by atoms with Gasteiger partial charge < -0.3 is 24.0 Å². The molecule has 2 fully saturated rings. The predicted octanol–water partition coefficient (Wildman–Crippen LogP) is 1.97. The van der Waals surface area contributed by atoms with Gasteiger partial charge in [0.2, 0.25) is 5.91 Å². The van der Waals surface area contributed by atoms with Gasteiger partial charge in [-0.1, -0.05) is 6.07 Å². The molecule has 2 atom stereocenters.